The first-order valence-electron chi connectivity index (χ1n) is 10.9. The van der Waals surface area contributed by atoms with Crippen molar-refractivity contribution in [3.05, 3.63) is 48.0 Å². The van der Waals surface area contributed by atoms with Gasteiger partial charge in [-0.3, -0.25) is 4.79 Å². The highest BCUT2D eigenvalue weighted by molar-refractivity contribution is 7.89. The zero-order chi connectivity index (χ0) is 24.2. The van der Waals surface area contributed by atoms with E-state index in [4.69, 9.17) is 9.47 Å². The lowest BCUT2D eigenvalue weighted by Gasteiger charge is -2.24. The number of nitrogens with zero attached hydrogens (tertiary/aromatic N) is 2. The summed E-state index contributed by atoms with van der Waals surface area (Å²) in [6.45, 7) is 7.94. The molecule has 9 heteroatoms. The van der Waals surface area contributed by atoms with Crippen LogP contribution in [0.3, 0.4) is 0 Å². The van der Waals surface area contributed by atoms with Crippen molar-refractivity contribution in [1.29, 1.82) is 0 Å². The van der Waals surface area contributed by atoms with Crippen molar-refractivity contribution < 1.29 is 22.7 Å². The Morgan fingerprint density at radius 1 is 0.939 bits per heavy atom. The number of ether oxygens (including phenoxy) is 2. The van der Waals surface area contributed by atoms with Crippen LogP contribution in [0.5, 0.6) is 11.5 Å². The fourth-order valence-electron chi connectivity index (χ4n) is 3.83. The number of hydrogen-bond donors (Lipinski definition) is 1. The van der Waals surface area contributed by atoms with Crippen LogP contribution in [0.4, 0.5) is 5.69 Å². The highest BCUT2D eigenvalue weighted by Gasteiger charge is 2.28. The van der Waals surface area contributed by atoms with Gasteiger partial charge in [-0.15, -0.1) is 0 Å². The maximum Gasteiger partial charge on any atom is 0.253 e. The smallest absolute Gasteiger partial charge is 0.253 e. The molecule has 0 saturated carbocycles. The molecular weight excluding hydrogens is 442 g/mol. The van der Waals surface area contributed by atoms with Gasteiger partial charge < -0.3 is 19.3 Å². The van der Waals surface area contributed by atoms with E-state index in [1.54, 1.807) is 38.8 Å². The van der Waals surface area contributed by atoms with Crippen LogP contribution in [-0.2, 0) is 10.0 Å². The molecule has 0 aliphatic carbocycles. The van der Waals surface area contributed by atoms with E-state index >= 15 is 0 Å². The molecule has 0 atom stereocenters. The van der Waals surface area contributed by atoms with Crippen LogP contribution in [0.2, 0.25) is 0 Å². The summed E-state index contributed by atoms with van der Waals surface area (Å²) < 4.78 is 39.0. The summed E-state index contributed by atoms with van der Waals surface area (Å²) in [6, 6.07) is 12.4. The van der Waals surface area contributed by atoms with Gasteiger partial charge in [-0.25, -0.2) is 13.1 Å². The SMILES string of the molecule is COc1ccc(N2CCCN(C(=O)c3ccc(OC)c(S(=O)(=O)NC(C)(C)C)c3)CC2)cc1. The Hall–Kier alpha value is -2.78. The molecule has 1 amide bonds. The summed E-state index contributed by atoms with van der Waals surface area (Å²) >= 11 is 0. The first-order valence-corrected chi connectivity index (χ1v) is 12.4. The maximum atomic E-state index is 13.3. The number of benzene rings is 2. The third-order valence-electron chi connectivity index (χ3n) is 5.36. The fourth-order valence-corrected chi connectivity index (χ4v) is 5.45. The Labute approximate surface area is 196 Å². The van der Waals surface area contributed by atoms with E-state index in [1.807, 2.05) is 24.3 Å². The van der Waals surface area contributed by atoms with Gasteiger partial charge in [0.25, 0.3) is 5.91 Å². The van der Waals surface area contributed by atoms with Gasteiger partial charge in [-0.05, 0) is 69.7 Å². The Morgan fingerprint density at radius 2 is 1.64 bits per heavy atom. The van der Waals surface area contributed by atoms with Crippen molar-refractivity contribution in [3.8, 4) is 11.5 Å². The van der Waals surface area contributed by atoms with Crippen molar-refractivity contribution in [3.63, 3.8) is 0 Å². The minimum absolute atomic E-state index is 0.0412. The van der Waals surface area contributed by atoms with E-state index in [1.165, 1.54) is 19.2 Å². The monoisotopic (exact) mass is 475 g/mol. The molecule has 0 aromatic heterocycles. The Kier molecular flexibility index (Phi) is 7.54. The molecule has 3 rings (SSSR count). The van der Waals surface area contributed by atoms with Gasteiger partial charge in [-0.1, -0.05) is 0 Å². The predicted molar refractivity (Wildman–Crippen MR) is 129 cm³/mol. The van der Waals surface area contributed by atoms with Gasteiger partial charge in [0, 0.05) is 43.0 Å². The van der Waals surface area contributed by atoms with Gasteiger partial charge in [0.05, 0.1) is 14.2 Å². The molecule has 0 bridgehead atoms. The molecule has 0 spiro atoms. The van der Waals surface area contributed by atoms with Gasteiger partial charge in [0.1, 0.15) is 16.4 Å². The summed E-state index contributed by atoms with van der Waals surface area (Å²) in [5.41, 5.74) is 0.735. The zero-order valence-electron chi connectivity index (χ0n) is 19.9. The molecule has 8 nitrogen and oxygen atoms in total. The van der Waals surface area contributed by atoms with Gasteiger partial charge in [-0.2, -0.15) is 0 Å². The molecule has 180 valence electrons. The number of anilines is 1. The second-order valence-electron chi connectivity index (χ2n) is 9.05. The number of nitrogens with one attached hydrogen (secondary N) is 1. The summed E-state index contributed by atoms with van der Waals surface area (Å²) in [5.74, 6) is 0.808. The fraction of sp³-hybridized carbons (Fsp3) is 0.458. The predicted octanol–water partition coefficient (Wildman–Crippen LogP) is 3.13. The van der Waals surface area contributed by atoms with Crippen molar-refractivity contribution in [2.75, 3.05) is 45.3 Å². The van der Waals surface area contributed by atoms with E-state index < -0.39 is 15.6 Å². The van der Waals surface area contributed by atoms with E-state index in [-0.39, 0.29) is 16.6 Å². The zero-order valence-corrected chi connectivity index (χ0v) is 20.7. The summed E-state index contributed by atoms with van der Waals surface area (Å²) in [6.07, 6.45) is 0.810. The molecule has 1 aliphatic rings. The number of methoxy groups -OCH3 is 2. The molecule has 2 aromatic rings. The van der Waals surface area contributed by atoms with E-state index in [0.717, 1.165) is 24.4 Å². The number of hydrogen-bond acceptors (Lipinski definition) is 6. The van der Waals surface area contributed by atoms with Crippen molar-refractivity contribution in [2.45, 2.75) is 37.6 Å². The molecule has 0 unspecified atom stereocenters. The van der Waals surface area contributed by atoms with Gasteiger partial charge in [0.2, 0.25) is 10.0 Å². The van der Waals surface area contributed by atoms with E-state index in [9.17, 15) is 13.2 Å². The third kappa shape index (κ3) is 6.17. The molecule has 2 aromatic carbocycles. The summed E-state index contributed by atoms with van der Waals surface area (Å²) in [7, 11) is -0.819. The average Bonchev–Trinajstić information content (AvgIpc) is 3.03. The lowest BCUT2D eigenvalue weighted by Crippen LogP contribution is -2.40. The lowest BCUT2D eigenvalue weighted by atomic mass is 10.1. The molecular formula is C24H33N3O5S. The quantitative estimate of drug-likeness (QED) is 0.691. The van der Waals surface area contributed by atoms with Crippen molar-refractivity contribution >= 4 is 21.6 Å². The third-order valence-corrected chi connectivity index (χ3v) is 7.14. The highest BCUT2D eigenvalue weighted by atomic mass is 32.2. The Balaban J connectivity index is 1.79. The van der Waals surface area contributed by atoms with E-state index in [0.29, 0.717) is 25.2 Å². The number of amides is 1. The molecule has 1 aliphatic heterocycles. The number of carbonyl (C=O) groups is 1. The second-order valence-corrected chi connectivity index (χ2v) is 10.7. The largest absolute Gasteiger partial charge is 0.497 e. The first kappa shape index (κ1) is 24.9. The summed E-state index contributed by atoms with van der Waals surface area (Å²) in [4.78, 5) is 17.3. The van der Waals surface area contributed by atoms with Crippen molar-refractivity contribution in [1.82, 2.24) is 9.62 Å². The number of rotatable bonds is 6. The molecule has 0 radical (unpaired) electrons. The molecule has 1 fully saturated rings. The highest BCUT2D eigenvalue weighted by Crippen LogP contribution is 2.27. The van der Waals surface area contributed by atoms with Gasteiger partial charge in [0.15, 0.2) is 0 Å². The minimum Gasteiger partial charge on any atom is -0.497 e. The topological polar surface area (TPSA) is 88.2 Å². The van der Waals surface area contributed by atoms with Crippen LogP contribution < -0.4 is 19.1 Å². The van der Waals surface area contributed by atoms with Crippen LogP contribution >= 0.6 is 0 Å². The van der Waals surface area contributed by atoms with Crippen molar-refractivity contribution in [2.24, 2.45) is 0 Å². The van der Waals surface area contributed by atoms with Crippen LogP contribution in [0.1, 0.15) is 37.6 Å². The molecule has 1 heterocycles. The average molecular weight is 476 g/mol. The molecule has 1 saturated heterocycles. The Bertz CT molecular complexity index is 1080. The first-order chi connectivity index (χ1) is 15.5. The number of carbonyl (C=O) groups excluding carboxylic acids is 1. The van der Waals surface area contributed by atoms with Crippen LogP contribution in [0.25, 0.3) is 0 Å². The minimum atomic E-state index is -3.87. The molecule has 1 N–H and O–H groups in total. The van der Waals surface area contributed by atoms with Crippen LogP contribution in [-0.4, -0.2) is 65.2 Å². The number of sulfonamides is 1. The standard InChI is InChI=1S/C24H33N3O5S/c1-24(2,3)25-33(29,30)22-17-18(7-12-21(22)32-5)23(28)27-14-6-13-26(15-16-27)19-8-10-20(31-4)11-9-19/h7-12,17,25H,6,13-16H2,1-5H3. The van der Waals surface area contributed by atoms with Crippen LogP contribution in [0, 0.1) is 0 Å². The van der Waals surface area contributed by atoms with Gasteiger partial charge >= 0.3 is 0 Å². The Morgan fingerprint density at radius 3 is 2.24 bits per heavy atom. The summed E-state index contributed by atoms with van der Waals surface area (Å²) in [5, 5.41) is 0. The van der Waals surface area contributed by atoms with E-state index in [2.05, 4.69) is 9.62 Å². The van der Waals surface area contributed by atoms with Crippen LogP contribution in [0.15, 0.2) is 47.4 Å². The maximum absolute atomic E-state index is 13.3. The lowest BCUT2D eigenvalue weighted by molar-refractivity contribution is 0.0766. The molecule has 33 heavy (non-hydrogen) atoms. The normalized spacial score (nSPS) is 15.2. The second kappa shape index (κ2) is 10.0.